The molecule has 1 N–H and O–H groups in total. The van der Waals surface area contributed by atoms with Gasteiger partial charge in [0, 0.05) is 5.92 Å². The van der Waals surface area contributed by atoms with Crippen molar-refractivity contribution >= 4 is 11.6 Å². The van der Waals surface area contributed by atoms with Gasteiger partial charge in [-0.15, -0.1) is 0 Å². The fourth-order valence-electron chi connectivity index (χ4n) is 2.89. The molecule has 1 aliphatic rings. The number of nitrogens with zero attached hydrogens (tertiary/aromatic N) is 1. The van der Waals surface area contributed by atoms with Crippen LogP contribution in [0.25, 0.3) is 0 Å². The topological polar surface area (TPSA) is 50.7 Å². The van der Waals surface area contributed by atoms with E-state index in [0.717, 1.165) is 29.9 Å². The van der Waals surface area contributed by atoms with Crippen LogP contribution in [0.2, 0.25) is 0 Å². The molecule has 0 heterocycles. The molecule has 2 unspecified atom stereocenters. The van der Waals surface area contributed by atoms with E-state index in [-0.39, 0.29) is 11.8 Å². The Morgan fingerprint density at radius 1 is 1.17 bits per heavy atom. The highest BCUT2D eigenvalue weighted by Crippen LogP contribution is 2.47. The molecule has 3 rings (SSSR count). The first-order valence-electron chi connectivity index (χ1n) is 8.28. The lowest BCUT2D eigenvalue weighted by Gasteiger charge is -2.06. The zero-order valence-corrected chi connectivity index (χ0v) is 14.0. The van der Waals surface area contributed by atoms with Crippen molar-refractivity contribution in [1.29, 1.82) is 0 Å². The highest BCUT2D eigenvalue weighted by molar-refractivity contribution is 6.01. The maximum Gasteiger partial charge on any atom is 0.243 e. The highest BCUT2D eigenvalue weighted by atomic mass is 16.5. The fourth-order valence-corrected chi connectivity index (χ4v) is 2.89. The summed E-state index contributed by atoms with van der Waals surface area (Å²) in [4.78, 5) is 12.3. The average Bonchev–Trinajstić information content (AvgIpc) is 3.44. The average molecular weight is 322 g/mol. The van der Waals surface area contributed by atoms with Crippen LogP contribution >= 0.6 is 0 Å². The lowest BCUT2D eigenvalue weighted by Crippen LogP contribution is -2.22. The molecule has 0 radical (unpaired) electrons. The van der Waals surface area contributed by atoms with E-state index in [0.29, 0.717) is 5.92 Å². The van der Waals surface area contributed by atoms with Crippen molar-refractivity contribution in [3.8, 4) is 5.75 Å². The van der Waals surface area contributed by atoms with Crippen LogP contribution in [0.1, 0.15) is 36.8 Å². The van der Waals surface area contributed by atoms with Gasteiger partial charge >= 0.3 is 0 Å². The first-order chi connectivity index (χ1) is 11.7. The van der Waals surface area contributed by atoms with E-state index in [1.165, 1.54) is 5.56 Å². The molecule has 0 aromatic heterocycles. The summed E-state index contributed by atoms with van der Waals surface area (Å²) in [5.41, 5.74) is 5.83. The number of rotatable bonds is 6. The number of carbonyl (C=O) groups excluding carboxylic acids is 1. The number of hydrazone groups is 1. The van der Waals surface area contributed by atoms with Crippen LogP contribution in [-0.2, 0) is 4.79 Å². The van der Waals surface area contributed by atoms with E-state index in [2.05, 4.69) is 22.7 Å². The largest absolute Gasteiger partial charge is 0.497 e. The molecular weight excluding hydrogens is 300 g/mol. The molecule has 2 atom stereocenters. The molecule has 124 valence electrons. The van der Waals surface area contributed by atoms with Crippen molar-refractivity contribution in [3.63, 3.8) is 0 Å². The standard InChI is InChI=1S/C20H22N2O2/c1-3-19(15-9-11-16(24-2)12-10-15)21-22-20(23)18-13-17(18)14-7-5-4-6-8-14/h4-12,17-18H,3,13H2,1-2H3,(H,22,23)/b21-19+. The Balaban J connectivity index is 1.62. The molecule has 4 nitrogen and oxygen atoms in total. The highest BCUT2D eigenvalue weighted by Gasteiger charge is 2.43. The molecule has 0 aliphatic heterocycles. The van der Waals surface area contributed by atoms with Crippen molar-refractivity contribution in [2.75, 3.05) is 7.11 Å². The number of nitrogens with one attached hydrogen (secondary N) is 1. The van der Waals surface area contributed by atoms with Crippen LogP contribution in [0, 0.1) is 5.92 Å². The summed E-state index contributed by atoms with van der Waals surface area (Å²) in [5.74, 6) is 1.17. The van der Waals surface area contributed by atoms with Gasteiger partial charge in [-0.05, 0) is 54.2 Å². The Bertz CT molecular complexity index is 723. The van der Waals surface area contributed by atoms with Crippen LogP contribution < -0.4 is 10.2 Å². The quantitative estimate of drug-likeness (QED) is 0.651. The minimum Gasteiger partial charge on any atom is -0.497 e. The van der Waals surface area contributed by atoms with Crippen molar-refractivity contribution < 1.29 is 9.53 Å². The lowest BCUT2D eigenvalue weighted by atomic mass is 10.1. The Morgan fingerprint density at radius 2 is 1.88 bits per heavy atom. The molecule has 2 aromatic carbocycles. The van der Waals surface area contributed by atoms with Gasteiger partial charge in [-0.25, -0.2) is 5.43 Å². The van der Waals surface area contributed by atoms with E-state index in [1.54, 1.807) is 7.11 Å². The number of ether oxygens (including phenoxy) is 1. The lowest BCUT2D eigenvalue weighted by molar-refractivity contribution is -0.122. The van der Waals surface area contributed by atoms with Crippen molar-refractivity contribution in [2.24, 2.45) is 11.0 Å². The fraction of sp³-hybridized carbons (Fsp3) is 0.300. The predicted octanol–water partition coefficient (Wildman–Crippen LogP) is 3.73. The molecule has 1 saturated carbocycles. The van der Waals surface area contributed by atoms with Gasteiger partial charge in [0.2, 0.25) is 5.91 Å². The Morgan fingerprint density at radius 3 is 2.50 bits per heavy atom. The summed E-state index contributed by atoms with van der Waals surface area (Å²) in [6, 6.07) is 17.9. The third kappa shape index (κ3) is 3.65. The number of benzene rings is 2. The number of methoxy groups -OCH3 is 1. The molecule has 0 spiro atoms. The van der Waals surface area contributed by atoms with Crippen molar-refractivity contribution in [3.05, 3.63) is 65.7 Å². The van der Waals surface area contributed by atoms with E-state index in [9.17, 15) is 4.79 Å². The molecule has 24 heavy (non-hydrogen) atoms. The predicted molar refractivity (Wildman–Crippen MR) is 95.3 cm³/mol. The van der Waals surface area contributed by atoms with Crippen LogP contribution in [0.15, 0.2) is 59.7 Å². The molecule has 1 amide bonds. The van der Waals surface area contributed by atoms with Gasteiger partial charge in [-0.2, -0.15) is 5.10 Å². The van der Waals surface area contributed by atoms with Gasteiger partial charge in [0.1, 0.15) is 5.75 Å². The van der Waals surface area contributed by atoms with Gasteiger partial charge in [0.25, 0.3) is 0 Å². The molecule has 0 bridgehead atoms. The third-order valence-electron chi connectivity index (χ3n) is 4.41. The van der Waals surface area contributed by atoms with Gasteiger partial charge in [0.05, 0.1) is 12.8 Å². The van der Waals surface area contributed by atoms with Crippen molar-refractivity contribution in [1.82, 2.24) is 5.43 Å². The smallest absolute Gasteiger partial charge is 0.243 e. The van der Waals surface area contributed by atoms with Gasteiger partial charge in [-0.1, -0.05) is 37.3 Å². The maximum absolute atomic E-state index is 12.3. The van der Waals surface area contributed by atoms with Crippen LogP contribution in [0.5, 0.6) is 5.75 Å². The number of amides is 1. The van der Waals surface area contributed by atoms with E-state index in [1.807, 2.05) is 49.4 Å². The van der Waals surface area contributed by atoms with Crippen LogP contribution in [0.3, 0.4) is 0 Å². The van der Waals surface area contributed by atoms with Gasteiger partial charge in [-0.3, -0.25) is 4.79 Å². The van der Waals surface area contributed by atoms with Gasteiger partial charge < -0.3 is 4.74 Å². The molecule has 2 aromatic rings. The van der Waals surface area contributed by atoms with E-state index in [4.69, 9.17) is 4.74 Å². The monoisotopic (exact) mass is 322 g/mol. The SMILES string of the molecule is CC/C(=N\NC(=O)C1CC1c1ccccc1)c1ccc(OC)cc1. The first-order valence-corrected chi connectivity index (χ1v) is 8.28. The number of hydrogen-bond donors (Lipinski definition) is 1. The number of carbonyl (C=O) groups is 1. The van der Waals surface area contributed by atoms with Crippen molar-refractivity contribution in [2.45, 2.75) is 25.7 Å². The first kappa shape index (κ1) is 16.2. The summed E-state index contributed by atoms with van der Waals surface area (Å²) < 4.78 is 5.16. The summed E-state index contributed by atoms with van der Waals surface area (Å²) in [6.45, 7) is 2.03. The maximum atomic E-state index is 12.3. The molecular formula is C20H22N2O2. The summed E-state index contributed by atoms with van der Waals surface area (Å²) in [7, 11) is 1.64. The molecule has 4 heteroatoms. The molecule has 0 saturated heterocycles. The molecule has 1 aliphatic carbocycles. The van der Waals surface area contributed by atoms with E-state index >= 15 is 0 Å². The minimum absolute atomic E-state index is 0.00307. The van der Waals surface area contributed by atoms with Crippen LogP contribution in [0.4, 0.5) is 0 Å². The summed E-state index contributed by atoms with van der Waals surface area (Å²) in [5, 5.41) is 4.33. The second-order valence-corrected chi connectivity index (χ2v) is 5.98. The minimum atomic E-state index is 0.00307. The zero-order chi connectivity index (χ0) is 16.9. The zero-order valence-electron chi connectivity index (χ0n) is 14.0. The number of hydrogen-bond acceptors (Lipinski definition) is 3. The summed E-state index contributed by atoms with van der Waals surface area (Å²) in [6.07, 6.45) is 1.65. The molecule has 1 fully saturated rings. The normalized spacial score (nSPS) is 19.7. The second kappa shape index (κ2) is 7.30. The van der Waals surface area contributed by atoms with E-state index < -0.39 is 0 Å². The summed E-state index contributed by atoms with van der Waals surface area (Å²) >= 11 is 0. The third-order valence-corrected chi connectivity index (χ3v) is 4.41. The Hall–Kier alpha value is -2.62. The second-order valence-electron chi connectivity index (χ2n) is 5.98. The Labute approximate surface area is 142 Å². The van der Waals surface area contributed by atoms with Gasteiger partial charge in [0.15, 0.2) is 0 Å². The Kier molecular flexibility index (Phi) is 4.94. The van der Waals surface area contributed by atoms with Crippen LogP contribution in [-0.4, -0.2) is 18.7 Å².